The lowest BCUT2D eigenvalue weighted by molar-refractivity contribution is 0.0957. The van der Waals surface area contributed by atoms with Crippen molar-refractivity contribution in [2.45, 2.75) is 13.5 Å². The zero-order valence-corrected chi connectivity index (χ0v) is 13.2. The van der Waals surface area contributed by atoms with Gasteiger partial charge in [0.05, 0.1) is 29.6 Å². The van der Waals surface area contributed by atoms with Crippen molar-refractivity contribution in [3.05, 3.63) is 54.1 Å². The van der Waals surface area contributed by atoms with Crippen LogP contribution in [0.3, 0.4) is 0 Å². The fourth-order valence-electron chi connectivity index (χ4n) is 2.45. The third kappa shape index (κ3) is 3.15. The molecule has 0 unspecified atom stereocenters. The van der Waals surface area contributed by atoms with Crippen LogP contribution in [0.25, 0.3) is 10.9 Å². The van der Waals surface area contributed by atoms with Crippen molar-refractivity contribution in [2.24, 2.45) is 7.05 Å². The summed E-state index contributed by atoms with van der Waals surface area (Å²) in [6, 6.07) is 9.45. The minimum atomic E-state index is -0.0883. The molecule has 2 N–H and O–H groups in total. The number of aromatic nitrogens is 3. The van der Waals surface area contributed by atoms with Crippen LogP contribution >= 0.6 is 0 Å². The number of nitrogens with one attached hydrogen (secondary N) is 2. The Balaban J connectivity index is 1.94. The predicted molar refractivity (Wildman–Crippen MR) is 90.3 cm³/mol. The highest BCUT2D eigenvalue weighted by molar-refractivity contribution is 6.06. The lowest BCUT2D eigenvalue weighted by atomic mass is 10.1. The maximum atomic E-state index is 12.3. The maximum Gasteiger partial charge on any atom is 0.252 e. The second-order valence-electron chi connectivity index (χ2n) is 5.28. The molecule has 2 aromatic heterocycles. The zero-order chi connectivity index (χ0) is 16.2. The van der Waals surface area contributed by atoms with Crippen LogP contribution in [0.5, 0.6) is 0 Å². The minimum Gasteiger partial charge on any atom is -0.364 e. The van der Waals surface area contributed by atoms with Crippen LogP contribution in [0.15, 0.2) is 42.9 Å². The van der Waals surface area contributed by atoms with Gasteiger partial charge in [-0.1, -0.05) is 18.2 Å². The van der Waals surface area contributed by atoms with Crippen molar-refractivity contribution in [3.8, 4) is 0 Å². The monoisotopic (exact) mass is 309 g/mol. The number of aryl methyl sites for hydroxylation is 1. The van der Waals surface area contributed by atoms with Crippen molar-refractivity contribution >= 4 is 22.6 Å². The van der Waals surface area contributed by atoms with E-state index in [4.69, 9.17) is 0 Å². The van der Waals surface area contributed by atoms with Crippen LogP contribution in [0.1, 0.15) is 23.0 Å². The van der Waals surface area contributed by atoms with E-state index < -0.39 is 0 Å². The van der Waals surface area contributed by atoms with E-state index in [0.29, 0.717) is 24.5 Å². The van der Waals surface area contributed by atoms with Crippen LogP contribution in [0, 0.1) is 0 Å². The van der Waals surface area contributed by atoms with Gasteiger partial charge in [-0.05, 0) is 19.1 Å². The Morgan fingerprint density at radius 2 is 2.13 bits per heavy atom. The zero-order valence-electron chi connectivity index (χ0n) is 13.2. The number of benzene rings is 1. The van der Waals surface area contributed by atoms with E-state index in [9.17, 15) is 4.79 Å². The Morgan fingerprint density at radius 1 is 1.30 bits per heavy atom. The molecule has 0 saturated heterocycles. The molecule has 0 bridgehead atoms. The molecule has 0 aliphatic carbocycles. The number of amides is 1. The first-order valence-electron chi connectivity index (χ1n) is 7.56. The first kappa shape index (κ1) is 15.0. The second-order valence-corrected chi connectivity index (χ2v) is 5.28. The number of nitrogens with zero attached hydrogens (tertiary/aromatic N) is 3. The van der Waals surface area contributed by atoms with Crippen LogP contribution < -0.4 is 10.6 Å². The highest BCUT2D eigenvalue weighted by Gasteiger charge is 2.12. The fraction of sp³-hybridized carbons (Fsp3) is 0.235. The summed E-state index contributed by atoms with van der Waals surface area (Å²) in [5.41, 5.74) is 2.47. The van der Waals surface area contributed by atoms with E-state index in [1.54, 1.807) is 18.6 Å². The third-order valence-electron chi connectivity index (χ3n) is 3.67. The Kier molecular flexibility index (Phi) is 4.23. The average molecular weight is 309 g/mol. The standard InChI is InChI=1S/C17H19N5O/c1-3-19-17(23)14-8-16(20-10-12-9-18-11-22(12)2)21-15-7-5-4-6-13(14)15/h4-9,11H,3,10H2,1-2H3,(H,19,23)(H,20,21). The van der Waals surface area contributed by atoms with Crippen molar-refractivity contribution < 1.29 is 4.79 Å². The summed E-state index contributed by atoms with van der Waals surface area (Å²) in [7, 11) is 1.94. The number of carbonyl (C=O) groups excluding carboxylic acids is 1. The van der Waals surface area contributed by atoms with Gasteiger partial charge in [0.15, 0.2) is 0 Å². The molecular formula is C17H19N5O. The second kappa shape index (κ2) is 6.48. The first-order valence-corrected chi connectivity index (χ1v) is 7.56. The molecule has 118 valence electrons. The summed E-state index contributed by atoms with van der Waals surface area (Å²) < 4.78 is 1.94. The van der Waals surface area contributed by atoms with Gasteiger partial charge in [-0.2, -0.15) is 0 Å². The Bertz CT molecular complexity index is 840. The minimum absolute atomic E-state index is 0.0883. The number of para-hydroxylation sites is 1. The largest absolute Gasteiger partial charge is 0.364 e. The van der Waals surface area contributed by atoms with Gasteiger partial charge >= 0.3 is 0 Å². The summed E-state index contributed by atoms with van der Waals surface area (Å²) in [6.07, 6.45) is 3.56. The molecule has 3 rings (SSSR count). The molecule has 1 amide bonds. The molecule has 3 aromatic rings. The molecular weight excluding hydrogens is 290 g/mol. The van der Waals surface area contributed by atoms with Gasteiger partial charge in [0.2, 0.25) is 0 Å². The molecule has 0 spiro atoms. The SMILES string of the molecule is CCNC(=O)c1cc(NCc2cncn2C)nc2ccccc12. The summed E-state index contributed by atoms with van der Waals surface area (Å²) in [4.78, 5) is 21.0. The van der Waals surface area contributed by atoms with Crippen molar-refractivity contribution in [2.75, 3.05) is 11.9 Å². The number of hydrogen-bond donors (Lipinski definition) is 2. The topological polar surface area (TPSA) is 71.8 Å². The molecule has 2 heterocycles. The quantitative estimate of drug-likeness (QED) is 0.759. The smallest absolute Gasteiger partial charge is 0.252 e. The Hall–Kier alpha value is -2.89. The Labute approximate surface area is 134 Å². The van der Waals surface area contributed by atoms with E-state index in [0.717, 1.165) is 16.6 Å². The van der Waals surface area contributed by atoms with Gasteiger partial charge in [0.1, 0.15) is 5.82 Å². The van der Waals surface area contributed by atoms with E-state index in [1.165, 1.54) is 0 Å². The molecule has 0 aliphatic rings. The molecule has 0 fully saturated rings. The van der Waals surface area contributed by atoms with Gasteiger partial charge in [0.25, 0.3) is 5.91 Å². The van der Waals surface area contributed by atoms with E-state index in [1.807, 2.05) is 42.8 Å². The normalized spacial score (nSPS) is 10.7. The van der Waals surface area contributed by atoms with Crippen molar-refractivity contribution in [3.63, 3.8) is 0 Å². The number of pyridine rings is 1. The number of carbonyl (C=O) groups is 1. The number of hydrogen-bond acceptors (Lipinski definition) is 4. The number of rotatable bonds is 5. The van der Waals surface area contributed by atoms with Crippen LogP contribution in [0.2, 0.25) is 0 Å². The van der Waals surface area contributed by atoms with Crippen LogP contribution in [-0.4, -0.2) is 27.0 Å². The molecule has 0 saturated carbocycles. The van der Waals surface area contributed by atoms with Gasteiger partial charge in [0, 0.05) is 25.2 Å². The number of anilines is 1. The molecule has 6 nitrogen and oxygen atoms in total. The summed E-state index contributed by atoms with van der Waals surface area (Å²) >= 11 is 0. The molecule has 0 aliphatic heterocycles. The number of imidazole rings is 1. The number of fused-ring (bicyclic) bond motifs is 1. The molecule has 0 atom stereocenters. The lowest BCUT2D eigenvalue weighted by Gasteiger charge is -2.11. The van der Waals surface area contributed by atoms with Gasteiger partial charge < -0.3 is 15.2 Å². The maximum absolute atomic E-state index is 12.3. The van der Waals surface area contributed by atoms with Crippen LogP contribution in [0.4, 0.5) is 5.82 Å². The summed E-state index contributed by atoms with van der Waals surface area (Å²) in [6.45, 7) is 3.09. The van der Waals surface area contributed by atoms with E-state index in [-0.39, 0.29) is 5.91 Å². The van der Waals surface area contributed by atoms with Crippen molar-refractivity contribution in [1.29, 1.82) is 0 Å². The van der Waals surface area contributed by atoms with E-state index in [2.05, 4.69) is 20.6 Å². The van der Waals surface area contributed by atoms with Gasteiger partial charge in [-0.25, -0.2) is 9.97 Å². The molecule has 0 radical (unpaired) electrons. The first-order chi connectivity index (χ1) is 11.2. The lowest BCUT2D eigenvalue weighted by Crippen LogP contribution is -2.23. The van der Waals surface area contributed by atoms with Gasteiger partial charge in [-0.15, -0.1) is 0 Å². The highest BCUT2D eigenvalue weighted by Crippen LogP contribution is 2.21. The van der Waals surface area contributed by atoms with Crippen LogP contribution in [-0.2, 0) is 13.6 Å². The molecule has 6 heteroatoms. The molecule has 1 aromatic carbocycles. The molecule has 23 heavy (non-hydrogen) atoms. The predicted octanol–water partition coefficient (Wildman–Crippen LogP) is 2.33. The highest BCUT2D eigenvalue weighted by atomic mass is 16.1. The van der Waals surface area contributed by atoms with Gasteiger partial charge in [-0.3, -0.25) is 4.79 Å². The average Bonchev–Trinajstić information content (AvgIpc) is 2.97. The third-order valence-corrected chi connectivity index (χ3v) is 3.67. The summed E-state index contributed by atoms with van der Waals surface area (Å²) in [5, 5.41) is 6.97. The summed E-state index contributed by atoms with van der Waals surface area (Å²) in [5.74, 6) is 0.584. The fourth-order valence-corrected chi connectivity index (χ4v) is 2.45. The van der Waals surface area contributed by atoms with E-state index >= 15 is 0 Å². The van der Waals surface area contributed by atoms with Crippen molar-refractivity contribution in [1.82, 2.24) is 19.9 Å². The Morgan fingerprint density at radius 3 is 2.87 bits per heavy atom.